The number of nitrogens with zero attached hydrogens (tertiary/aromatic N) is 1. The van der Waals surface area contributed by atoms with Gasteiger partial charge in [0.25, 0.3) is 5.91 Å². The maximum absolute atomic E-state index is 12.6. The average Bonchev–Trinajstić information content (AvgIpc) is 3.92. The zero-order valence-corrected chi connectivity index (χ0v) is 43.8. The van der Waals surface area contributed by atoms with E-state index in [0.717, 1.165) is 80.6 Å². The summed E-state index contributed by atoms with van der Waals surface area (Å²) in [6, 6.07) is 8.76. The highest BCUT2D eigenvalue weighted by molar-refractivity contribution is 8.00. The van der Waals surface area contributed by atoms with Gasteiger partial charge < -0.3 is 69.4 Å². The summed E-state index contributed by atoms with van der Waals surface area (Å²) in [6.07, 6.45) is 13.0. The molecule has 0 aromatic heterocycles. The summed E-state index contributed by atoms with van der Waals surface area (Å²) in [6.45, 7) is 17.2. The van der Waals surface area contributed by atoms with Crippen molar-refractivity contribution >= 4 is 41.1 Å². The van der Waals surface area contributed by atoms with Crippen LogP contribution in [0.1, 0.15) is 89.5 Å². The first-order chi connectivity index (χ1) is 34.8. The second-order valence-electron chi connectivity index (χ2n) is 17.4. The second kappa shape index (κ2) is 41.7. The van der Waals surface area contributed by atoms with E-state index >= 15 is 0 Å². The number of benzene rings is 1. The average molecular weight is 1020 g/mol. The highest BCUT2D eigenvalue weighted by Crippen LogP contribution is 2.34. The molecule has 404 valence electrons. The lowest BCUT2D eigenvalue weighted by molar-refractivity contribution is -0.122. The Bertz CT molecular complexity index is 1630. The van der Waals surface area contributed by atoms with E-state index in [2.05, 4.69) is 33.2 Å². The molecule has 19 heteroatoms. The maximum Gasteiger partial charge on any atom is 0.250 e. The van der Waals surface area contributed by atoms with Crippen molar-refractivity contribution in [1.82, 2.24) is 26.6 Å². The number of allylic oxidation sites excluding steroid dienone is 1. The number of nitrogens with one attached hydrogen (secondary N) is 5. The molecule has 3 rings (SSSR count). The van der Waals surface area contributed by atoms with Gasteiger partial charge in [0, 0.05) is 62.1 Å². The minimum Gasteiger partial charge on any atom is -0.377 e. The van der Waals surface area contributed by atoms with Crippen molar-refractivity contribution in [3.05, 3.63) is 54.4 Å². The van der Waals surface area contributed by atoms with Crippen LogP contribution in [-0.4, -0.2) is 179 Å². The summed E-state index contributed by atoms with van der Waals surface area (Å²) in [4.78, 5) is 50.8. The van der Waals surface area contributed by atoms with Crippen LogP contribution in [0.2, 0.25) is 0 Å². The van der Waals surface area contributed by atoms with Crippen LogP contribution in [-0.2, 0) is 57.1 Å². The smallest absolute Gasteiger partial charge is 0.250 e. The van der Waals surface area contributed by atoms with Gasteiger partial charge in [0.2, 0.25) is 17.7 Å². The van der Waals surface area contributed by atoms with Crippen molar-refractivity contribution in [3.8, 4) is 0 Å². The summed E-state index contributed by atoms with van der Waals surface area (Å²) in [5.74, 6) is 2.15. The molecule has 2 aliphatic heterocycles. The van der Waals surface area contributed by atoms with Crippen LogP contribution in [0.3, 0.4) is 0 Å². The van der Waals surface area contributed by atoms with E-state index in [1.807, 2.05) is 49.9 Å². The van der Waals surface area contributed by atoms with Crippen molar-refractivity contribution in [2.75, 3.05) is 143 Å². The number of thioether (sulfide) groups is 1. The van der Waals surface area contributed by atoms with E-state index in [4.69, 9.17) is 37.9 Å². The topological polar surface area (TPSA) is 206 Å². The van der Waals surface area contributed by atoms with Gasteiger partial charge in [-0.2, -0.15) is 11.8 Å². The second-order valence-corrected chi connectivity index (χ2v) is 18.6. The number of aryl methyl sites for hydroxylation is 1. The van der Waals surface area contributed by atoms with Gasteiger partial charge >= 0.3 is 0 Å². The number of carbonyl (C=O) groups is 4. The Labute approximate surface area is 428 Å². The highest BCUT2D eigenvalue weighted by Gasteiger charge is 2.40. The molecule has 2 aliphatic rings. The molecule has 2 heterocycles. The van der Waals surface area contributed by atoms with Crippen LogP contribution in [0, 0.1) is 6.92 Å². The lowest BCUT2D eigenvalue weighted by Gasteiger charge is -2.23. The van der Waals surface area contributed by atoms with Gasteiger partial charge in [-0.1, -0.05) is 50.1 Å². The molecule has 3 unspecified atom stereocenters. The van der Waals surface area contributed by atoms with Gasteiger partial charge in [-0.3, -0.25) is 19.2 Å². The van der Waals surface area contributed by atoms with E-state index < -0.39 is 0 Å². The molecule has 5 N–H and O–H groups in total. The zero-order chi connectivity index (χ0) is 50.8. The molecule has 0 radical (unpaired) electrons. The molecular weight excluding hydrogens is 933 g/mol. The van der Waals surface area contributed by atoms with Gasteiger partial charge in [0.15, 0.2) is 0 Å². The Morgan fingerprint density at radius 1 is 0.606 bits per heavy atom. The molecule has 2 fully saturated rings. The first-order valence-electron chi connectivity index (χ1n) is 26.0. The van der Waals surface area contributed by atoms with E-state index in [9.17, 15) is 19.2 Å². The van der Waals surface area contributed by atoms with Crippen LogP contribution in [0.15, 0.2) is 48.8 Å². The molecule has 0 spiro atoms. The van der Waals surface area contributed by atoms with Crippen molar-refractivity contribution in [1.29, 1.82) is 0 Å². The van der Waals surface area contributed by atoms with E-state index in [1.165, 1.54) is 0 Å². The van der Waals surface area contributed by atoms with Gasteiger partial charge in [-0.05, 0) is 70.1 Å². The summed E-state index contributed by atoms with van der Waals surface area (Å²) in [7, 11) is 0. The lowest BCUT2D eigenvalue weighted by Crippen LogP contribution is -2.36. The molecule has 1 aromatic carbocycles. The largest absolute Gasteiger partial charge is 0.377 e. The minimum absolute atomic E-state index is 0.000178. The van der Waals surface area contributed by atoms with Crippen LogP contribution in [0.5, 0.6) is 0 Å². The van der Waals surface area contributed by atoms with Crippen LogP contribution >= 0.6 is 11.8 Å². The Morgan fingerprint density at radius 3 is 1.55 bits per heavy atom. The van der Waals surface area contributed by atoms with Crippen molar-refractivity contribution in [3.63, 3.8) is 0 Å². The SMILES string of the molecule is C=C1NC2CSC(CCCCC(=O)NCCCCCC(=O)NCCCCCC(=O)NCCOCCOCCOCCOCCOCCOCCOCCOCCN(C(=O)/C=C/C)c3ccccc3C)C2N1. The number of hydrogen-bond donors (Lipinski definition) is 5. The normalized spacial score (nSPS) is 16.2. The van der Waals surface area contributed by atoms with Crippen molar-refractivity contribution in [2.24, 2.45) is 0 Å². The summed E-state index contributed by atoms with van der Waals surface area (Å²) in [5.41, 5.74) is 1.92. The molecule has 4 amide bonds. The predicted molar refractivity (Wildman–Crippen MR) is 279 cm³/mol. The first kappa shape index (κ1) is 61.5. The predicted octanol–water partition coefficient (Wildman–Crippen LogP) is 4.58. The Morgan fingerprint density at radius 2 is 1.06 bits per heavy atom. The molecule has 71 heavy (non-hydrogen) atoms. The molecule has 2 saturated heterocycles. The number of para-hydroxylation sites is 1. The number of ether oxygens (including phenoxy) is 8. The standard InChI is InChI=1S/C52H88N6O12S/c1-4-15-51(62)58(46-17-10-9-16-43(46)2)25-27-64-29-31-66-33-35-68-37-39-70-41-40-69-38-36-67-34-32-65-30-28-63-26-24-55-50(61)20-8-6-14-22-53-48(59)19-7-5-13-23-54-49(60)21-12-11-18-47-52-45(42-71-47)56-44(3)57-52/h4,9-10,15-17,45,47,52,56-57H,3,5-8,11-14,18-42H2,1-2H3,(H,53,59)(H,54,60)(H,55,61)/b15-4+. The summed E-state index contributed by atoms with van der Waals surface area (Å²) < 4.78 is 44.4. The third-order valence-corrected chi connectivity index (χ3v) is 13.1. The van der Waals surface area contributed by atoms with Crippen molar-refractivity contribution in [2.45, 2.75) is 108 Å². The number of anilines is 1. The van der Waals surface area contributed by atoms with Gasteiger partial charge in [0.1, 0.15) is 0 Å². The number of fused-ring (bicyclic) bond motifs is 1. The quantitative estimate of drug-likeness (QED) is 0.0448. The summed E-state index contributed by atoms with van der Waals surface area (Å²) >= 11 is 2.01. The maximum atomic E-state index is 12.6. The van der Waals surface area contributed by atoms with Gasteiger partial charge in [-0.15, -0.1) is 0 Å². The third-order valence-electron chi connectivity index (χ3n) is 11.6. The molecule has 18 nitrogen and oxygen atoms in total. The zero-order valence-electron chi connectivity index (χ0n) is 43.0. The number of carbonyl (C=O) groups excluding carboxylic acids is 4. The molecule has 0 aliphatic carbocycles. The Balaban J connectivity index is 0.934. The minimum atomic E-state index is -0.0710. The molecule has 1 aromatic rings. The number of rotatable bonds is 46. The Kier molecular flexibility index (Phi) is 36.1. The fourth-order valence-corrected chi connectivity index (χ4v) is 9.33. The van der Waals surface area contributed by atoms with Gasteiger partial charge in [-0.25, -0.2) is 0 Å². The summed E-state index contributed by atoms with van der Waals surface area (Å²) in [5, 5.41) is 16.3. The molecular formula is C52H88N6O12S. The van der Waals surface area contributed by atoms with E-state index in [0.29, 0.717) is 168 Å². The van der Waals surface area contributed by atoms with Crippen LogP contribution in [0.4, 0.5) is 5.69 Å². The fraction of sp³-hybridized carbons (Fsp3) is 0.731. The number of amides is 4. The third kappa shape index (κ3) is 30.8. The number of hydrogen-bond acceptors (Lipinski definition) is 15. The first-order valence-corrected chi connectivity index (χ1v) is 27.1. The van der Waals surface area contributed by atoms with Crippen LogP contribution in [0.25, 0.3) is 0 Å². The lowest BCUT2D eigenvalue weighted by atomic mass is 10.0. The van der Waals surface area contributed by atoms with E-state index in [-0.39, 0.29) is 23.6 Å². The number of unbranched alkanes of at least 4 members (excludes halogenated alkanes) is 5. The van der Waals surface area contributed by atoms with Crippen LogP contribution < -0.4 is 31.5 Å². The Hall–Kier alpha value is -3.79. The van der Waals surface area contributed by atoms with E-state index in [1.54, 1.807) is 17.1 Å². The molecule has 0 saturated carbocycles. The monoisotopic (exact) mass is 1020 g/mol. The molecule has 0 bridgehead atoms. The van der Waals surface area contributed by atoms with Gasteiger partial charge in [0.05, 0.1) is 124 Å². The molecule has 3 atom stereocenters. The highest BCUT2D eigenvalue weighted by atomic mass is 32.2. The fourth-order valence-electron chi connectivity index (χ4n) is 7.78. The van der Waals surface area contributed by atoms with Crippen molar-refractivity contribution < 1.29 is 57.1 Å².